The summed E-state index contributed by atoms with van der Waals surface area (Å²) in [5.41, 5.74) is 0. The zero-order chi connectivity index (χ0) is 18.5. The largest absolute Gasteiger partial charge is 1.00 e. The van der Waals surface area contributed by atoms with Gasteiger partial charge in [0.2, 0.25) is 0 Å². The molecule has 0 saturated heterocycles. The second kappa shape index (κ2) is 27.3. The average molecular weight is 408 g/mol. The first-order chi connectivity index (χ1) is 11.5. The predicted octanol–water partition coefficient (Wildman–Crippen LogP) is 2.13. The molecule has 9 heteroatoms. The Hall–Kier alpha value is 1.04. The van der Waals surface area contributed by atoms with Gasteiger partial charge in [0, 0.05) is 11.2 Å². The van der Waals surface area contributed by atoms with E-state index >= 15 is 0 Å². The molecule has 0 aromatic rings. The van der Waals surface area contributed by atoms with Crippen LogP contribution < -0.4 is 34.5 Å². The fourth-order valence-corrected chi connectivity index (χ4v) is 2.82. The van der Waals surface area contributed by atoms with Crippen molar-refractivity contribution in [2.75, 3.05) is 6.61 Å². The molecule has 6 nitrogen and oxygen atoms in total. The minimum Gasteiger partial charge on any atom is -0.563 e. The average Bonchev–Trinajstić information content (AvgIpc) is 2.51. The summed E-state index contributed by atoms with van der Waals surface area (Å²) in [7, 11) is -6.16. The standard InChI is InChI=1S/C16H34O.Na.O5P2/c1-2-3-4-5-6-7-8-9-10-11-12-13-14-15-16-17;;1-6(2)5-7(3)4/h17H,2-16H2,1H3;;/q;+1;/p+1. The Morgan fingerprint density at radius 2 is 1.08 bits per heavy atom. The monoisotopic (exact) mass is 408 g/mol. The minimum atomic E-state index is -3.17. The molecule has 0 fully saturated rings. The van der Waals surface area contributed by atoms with Gasteiger partial charge in [0.05, 0.1) is 0 Å². The Balaban J connectivity index is -0.000000513. The summed E-state index contributed by atoms with van der Waals surface area (Å²) >= 11 is 0. The van der Waals surface area contributed by atoms with Gasteiger partial charge in [-0.3, -0.25) is 0 Å². The van der Waals surface area contributed by atoms with Crippen LogP contribution in [0.15, 0.2) is 0 Å². The predicted molar refractivity (Wildman–Crippen MR) is 95.9 cm³/mol. The molecule has 25 heavy (non-hydrogen) atoms. The van der Waals surface area contributed by atoms with E-state index < -0.39 is 16.5 Å². The SMILES string of the molecule is CCCCCCCCCCCCCCCCO.O=[P+]([O-])O[P+](=O)O.[Na+]. The summed E-state index contributed by atoms with van der Waals surface area (Å²) in [5, 5.41) is 8.64. The molecule has 0 spiro atoms. The minimum absolute atomic E-state index is 0. The van der Waals surface area contributed by atoms with Crippen LogP contribution in [-0.4, -0.2) is 16.6 Å². The zero-order valence-corrected chi connectivity index (χ0v) is 19.8. The molecule has 2 atom stereocenters. The van der Waals surface area contributed by atoms with Gasteiger partial charge in [-0.2, -0.15) is 0 Å². The molecule has 144 valence electrons. The van der Waals surface area contributed by atoms with Crippen molar-refractivity contribution in [3.8, 4) is 0 Å². The Morgan fingerprint density at radius 1 is 0.760 bits per heavy atom. The summed E-state index contributed by atoms with van der Waals surface area (Å²) in [4.78, 5) is 16.9. The molecule has 0 amide bonds. The van der Waals surface area contributed by atoms with Crippen LogP contribution in [0.3, 0.4) is 0 Å². The first-order valence-electron chi connectivity index (χ1n) is 9.14. The number of hydrogen-bond donors (Lipinski definition) is 2. The number of aliphatic hydroxyl groups excluding tert-OH is 1. The van der Waals surface area contributed by atoms with E-state index in [1.807, 2.05) is 0 Å². The molecule has 0 rings (SSSR count). The van der Waals surface area contributed by atoms with Crippen molar-refractivity contribution in [3.63, 3.8) is 0 Å². The van der Waals surface area contributed by atoms with Crippen LogP contribution in [0.25, 0.3) is 0 Å². The molecule has 0 radical (unpaired) electrons. The van der Waals surface area contributed by atoms with Crippen molar-refractivity contribution < 1.29 is 57.9 Å². The van der Waals surface area contributed by atoms with E-state index in [-0.39, 0.29) is 29.6 Å². The molecule has 0 aliphatic rings. The summed E-state index contributed by atoms with van der Waals surface area (Å²) < 4.78 is 21.9. The van der Waals surface area contributed by atoms with E-state index in [0.29, 0.717) is 6.61 Å². The van der Waals surface area contributed by atoms with Gasteiger partial charge in [-0.15, -0.1) is 4.89 Å². The van der Waals surface area contributed by atoms with Crippen LogP contribution in [0, 0.1) is 0 Å². The maximum atomic E-state index is 9.35. The number of hydrogen-bond acceptors (Lipinski definition) is 5. The van der Waals surface area contributed by atoms with Crippen molar-refractivity contribution in [2.24, 2.45) is 0 Å². The van der Waals surface area contributed by atoms with Crippen molar-refractivity contribution in [1.82, 2.24) is 0 Å². The second-order valence-corrected chi connectivity index (χ2v) is 7.44. The van der Waals surface area contributed by atoms with Gasteiger partial charge in [0.1, 0.15) is 4.31 Å². The van der Waals surface area contributed by atoms with E-state index in [1.54, 1.807) is 0 Å². The molecule has 0 aromatic heterocycles. The summed E-state index contributed by atoms with van der Waals surface area (Å²) in [6, 6.07) is 0. The maximum Gasteiger partial charge on any atom is 1.00 e. The Kier molecular flexibility index (Phi) is 33.5. The van der Waals surface area contributed by atoms with Crippen LogP contribution >= 0.6 is 16.5 Å². The smallest absolute Gasteiger partial charge is 0.563 e. The second-order valence-electron chi connectivity index (χ2n) is 5.86. The van der Waals surface area contributed by atoms with Gasteiger partial charge in [-0.25, -0.2) is 0 Å². The van der Waals surface area contributed by atoms with Gasteiger partial charge >= 0.3 is 46.1 Å². The van der Waals surface area contributed by atoms with Crippen molar-refractivity contribution in [3.05, 3.63) is 0 Å². The third-order valence-corrected chi connectivity index (χ3v) is 4.74. The van der Waals surface area contributed by atoms with E-state index in [1.165, 1.54) is 83.5 Å². The quantitative estimate of drug-likeness (QED) is 0.230. The van der Waals surface area contributed by atoms with E-state index in [9.17, 15) is 14.0 Å². The normalized spacial score (nSPS) is 11.2. The number of rotatable bonds is 16. The molecule has 0 saturated carbocycles. The van der Waals surface area contributed by atoms with Crippen LogP contribution in [0.1, 0.15) is 96.8 Å². The van der Waals surface area contributed by atoms with Crippen LogP contribution in [0.4, 0.5) is 0 Å². The van der Waals surface area contributed by atoms with Crippen molar-refractivity contribution in [1.29, 1.82) is 0 Å². The van der Waals surface area contributed by atoms with Crippen molar-refractivity contribution >= 4 is 16.5 Å². The van der Waals surface area contributed by atoms with Crippen molar-refractivity contribution in [2.45, 2.75) is 96.8 Å². The van der Waals surface area contributed by atoms with Crippen LogP contribution in [0.2, 0.25) is 0 Å². The van der Waals surface area contributed by atoms with E-state index in [2.05, 4.69) is 11.2 Å². The van der Waals surface area contributed by atoms with E-state index in [4.69, 9.17) is 10.00 Å². The fourth-order valence-electron chi connectivity index (χ4n) is 2.36. The molecule has 2 unspecified atom stereocenters. The molecule has 0 aliphatic heterocycles. The molecule has 2 N–H and O–H groups in total. The molecular weight excluding hydrogens is 373 g/mol. The van der Waals surface area contributed by atoms with Gasteiger partial charge in [0.15, 0.2) is 0 Å². The third-order valence-electron chi connectivity index (χ3n) is 3.65. The van der Waals surface area contributed by atoms with Gasteiger partial charge in [-0.1, -0.05) is 90.4 Å². The van der Waals surface area contributed by atoms with Gasteiger partial charge < -0.3 is 10.00 Å². The maximum absolute atomic E-state index is 9.35. The summed E-state index contributed by atoms with van der Waals surface area (Å²) in [6.45, 7) is 2.65. The Bertz CT molecular complexity index is 270. The summed E-state index contributed by atoms with van der Waals surface area (Å²) in [6.07, 6.45) is 19.2. The first-order valence-corrected chi connectivity index (χ1v) is 11.4. The fraction of sp³-hybridized carbons (Fsp3) is 1.00. The number of aliphatic hydroxyl groups is 1. The van der Waals surface area contributed by atoms with E-state index in [0.717, 1.165) is 6.42 Å². The molecule has 0 heterocycles. The topological polar surface area (TPSA) is 107 Å². The van der Waals surface area contributed by atoms with Crippen LogP contribution in [-0.2, 0) is 13.4 Å². The molecule has 0 aliphatic carbocycles. The van der Waals surface area contributed by atoms with Gasteiger partial charge in [0.25, 0.3) is 0 Å². The first kappa shape index (κ1) is 30.8. The molecule has 0 bridgehead atoms. The Labute approximate surface area is 177 Å². The molecule has 0 aromatic carbocycles. The molecular formula is C16H35NaO6P2+2. The van der Waals surface area contributed by atoms with Gasteiger partial charge in [-0.05, 0) is 11.0 Å². The zero-order valence-electron chi connectivity index (χ0n) is 16.0. The van der Waals surface area contributed by atoms with Crippen LogP contribution in [0.5, 0.6) is 0 Å². The Morgan fingerprint density at radius 3 is 1.28 bits per heavy atom. The summed E-state index contributed by atoms with van der Waals surface area (Å²) in [5.74, 6) is 0. The third kappa shape index (κ3) is 36.7. The number of unbranched alkanes of at least 4 members (excludes halogenated alkanes) is 13.